The molecule has 0 radical (unpaired) electrons. The van der Waals surface area contributed by atoms with Gasteiger partial charge in [-0.05, 0) is 29.1 Å². The van der Waals surface area contributed by atoms with Crippen molar-refractivity contribution in [3.8, 4) is 0 Å². The van der Waals surface area contributed by atoms with Gasteiger partial charge in [0.2, 0.25) is 0 Å². The first-order chi connectivity index (χ1) is 5.71. The van der Waals surface area contributed by atoms with Gasteiger partial charge in [-0.25, -0.2) is 0 Å². The number of hydrogen-bond acceptors (Lipinski definition) is 0. The van der Waals surface area contributed by atoms with Crippen molar-refractivity contribution in [1.82, 2.24) is 0 Å². The summed E-state index contributed by atoms with van der Waals surface area (Å²) in [6.07, 6.45) is 2.86. The summed E-state index contributed by atoms with van der Waals surface area (Å²) in [6.45, 7) is 18.3. The van der Waals surface area contributed by atoms with Crippen LogP contribution in [0.1, 0.15) is 68.2 Å². The van der Waals surface area contributed by atoms with Crippen LogP contribution < -0.4 is 0 Å². The van der Waals surface area contributed by atoms with E-state index in [1.807, 2.05) is 13.8 Å². The van der Waals surface area contributed by atoms with Crippen LogP contribution in [0, 0.1) is 16.2 Å². The Balaban J connectivity index is 0.000000671. The molecule has 1 fully saturated rings. The quantitative estimate of drug-likeness (QED) is 0.503. The molecule has 0 aliphatic heterocycles. The monoisotopic (exact) mass is 184 g/mol. The Morgan fingerprint density at radius 3 is 0.923 bits per heavy atom. The molecule has 0 heteroatoms. The van der Waals surface area contributed by atoms with E-state index in [4.69, 9.17) is 0 Å². The third kappa shape index (κ3) is 2.27. The van der Waals surface area contributed by atoms with Crippen LogP contribution in [0.15, 0.2) is 0 Å². The van der Waals surface area contributed by atoms with Crippen LogP contribution in [0.25, 0.3) is 0 Å². The summed E-state index contributed by atoms with van der Waals surface area (Å²) in [6, 6.07) is 0. The van der Waals surface area contributed by atoms with Gasteiger partial charge in [-0.3, -0.25) is 0 Å². The van der Waals surface area contributed by atoms with Crippen LogP contribution in [-0.2, 0) is 0 Å². The normalized spacial score (nSPS) is 20.3. The zero-order chi connectivity index (χ0) is 10.9. The highest BCUT2D eigenvalue weighted by Gasteiger charge is 2.58. The summed E-state index contributed by atoms with van der Waals surface area (Å²) in [5, 5.41) is 0. The summed E-state index contributed by atoms with van der Waals surface area (Å²) in [5.41, 5.74) is 1.61. The van der Waals surface area contributed by atoms with Gasteiger partial charge in [-0.15, -0.1) is 0 Å². The highest BCUT2D eigenvalue weighted by molar-refractivity contribution is 5.08. The summed E-state index contributed by atoms with van der Waals surface area (Å²) in [4.78, 5) is 0. The largest absolute Gasteiger partial charge is 0.0683 e. The van der Waals surface area contributed by atoms with Crippen molar-refractivity contribution < 1.29 is 0 Å². The molecule has 1 saturated carbocycles. The first kappa shape index (κ1) is 13.0. The van der Waals surface area contributed by atoms with Crippen molar-refractivity contribution >= 4 is 0 Å². The molecule has 0 aromatic heterocycles. The molecule has 0 nitrogen and oxygen atoms in total. The van der Waals surface area contributed by atoms with E-state index in [1.165, 1.54) is 12.8 Å². The minimum absolute atomic E-state index is 0.491. The van der Waals surface area contributed by atoms with Gasteiger partial charge in [0.05, 0.1) is 0 Å². The lowest BCUT2D eigenvalue weighted by molar-refractivity contribution is 0.0745. The third-order valence-electron chi connectivity index (χ3n) is 3.62. The van der Waals surface area contributed by atoms with Gasteiger partial charge in [0.25, 0.3) is 0 Å². The fraction of sp³-hybridized carbons (Fsp3) is 1.00. The van der Waals surface area contributed by atoms with E-state index in [9.17, 15) is 0 Å². The van der Waals surface area contributed by atoms with Crippen molar-refractivity contribution in [3.63, 3.8) is 0 Å². The topological polar surface area (TPSA) is 0 Å². The second-order valence-electron chi connectivity index (χ2n) is 6.08. The van der Waals surface area contributed by atoms with Gasteiger partial charge in [-0.1, -0.05) is 55.4 Å². The summed E-state index contributed by atoms with van der Waals surface area (Å²) in [7, 11) is 0. The van der Waals surface area contributed by atoms with E-state index in [0.29, 0.717) is 16.2 Å². The van der Waals surface area contributed by atoms with E-state index in [1.54, 1.807) is 0 Å². The summed E-state index contributed by atoms with van der Waals surface area (Å²) >= 11 is 0. The molecule has 0 atom stereocenters. The predicted octanol–water partition coefficient (Wildman–Crippen LogP) is 4.89. The Morgan fingerprint density at radius 2 is 0.923 bits per heavy atom. The highest BCUT2D eigenvalue weighted by atomic mass is 14.6. The molecular weight excluding hydrogens is 156 g/mol. The van der Waals surface area contributed by atoms with Crippen molar-refractivity contribution in [2.24, 2.45) is 16.2 Å². The molecule has 0 aromatic rings. The molecule has 0 saturated heterocycles. The van der Waals surface area contributed by atoms with Crippen molar-refractivity contribution in [2.75, 3.05) is 0 Å². The number of hydrogen-bond donors (Lipinski definition) is 0. The first-order valence-corrected chi connectivity index (χ1v) is 5.71. The molecule has 0 aromatic carbocycles. The number of rotatable bonds is 0. The van der Waals surface area contributed by atoms with Crippen LogP contribution in [0.2, 0.25) is 0 Å². The van der Waals surface area contributed by atoms with Gasteiger partial charge < -0.3 is 0 Å². The maximum Gasteiger partial charge on any atom is -0.0200 e. The molecule has 0 unspecified atom stereocenters. The van der Waals surface area contributed by atoms with Crippen LogP contribution >= 0.6 is 0 Å². The molecule has 80 valence electrons. The van der Waals surface area contributed by atoms with Crippen molar-refractivity contribution in [1.29, 1.82) is 0 Å². The van der Waals surface area contributed by atoms with Crippen LogP contribution in [-0.4, -0.2) is 0 Å². The minimum atomic E-state index is 0.491. The van der Waals surface area contributed by atoms with Gasteiger partial charge in [0, 0.05) is 0 Å². The van der Waals surface area contributed by atoms with Gasteiger partial charge in [-0.2, -0.15) is 0 Å². The van der Waals surface area contributed by atoms with E-state index < -0.39 is 0 Å². The molecular formula is C13H28. The van der Waals surface area contributed by atoms with Crippen LogP contribution in [0.5, 0.6) is 0 Å². The lowest BCUT2D eigenvalue weighted by Crippen LogP contribution is -2.34. The molecule has 0 heterocycles. The molecule has 13 heavy (non-hydrogen) atoms. The second-order valence-corrected chi connectivity index (χ2v) is 6.08. The summed E-state index contributed by atoms with van der Waals surface area (Å²) in [5.74, 6) is 0. The Hall–Kier alpha value is 0. The van der Waals surface area contributed by atoms with Crippen molar-refractivity contribution in [2.45, 2.75) is 68.2 Å². The standard InChI is InChI=1S/C11H22.C2H6/c1-9(2,3)11(7-8-11)10(4,5)6;1-2/h7-8H2,1-6H3;1-2H3. The molecule has 0 amide bonds. The molecule has 0 bridgehead atoms. The lowest BCUT2D eigenvalue weighted by Gasteiger charge is -2.41. The van der Waals surface area contributed by atoms with Crippen LogP contribution in [0.3, 0.4) is 0 Å². The Kier molecular flexibility index (Phi) is 3.63. The Morgan fingerprint density at radius 1 is 0.692 bits per heavy atom. The molecule has 1 rings (SSSR count). The fourth-order valence-electron chi connectivity index (χ4n) is 2.75. The van der Waals surface area contributed by atoms with Crippen molar-refractivity contribution in [3.05, 3.63) is 0 Å². The second kappa shape index (κ2) is 3.63. The highest BCUT2D eigenvalue weighted by Crippen LogP contribution is 2.67. The molecule has 0 spiro atoms. The van der Waals surface area contributed by atoms with Gasteiger partial charge in [0.15, 0.2) is 0 Å². The van der Waals surface area contributed by atoms with E-state index in [0.717, 1.165) is 0 Å². The minimum Gasteiger partial charge on any atom is -0.0683 e. The average molecular weight is 184 g/mol. The Labute approximate surface area is 85.1 Å². The maximum atomic E-state index is 2.38. The first-order valence-electron chi connectivity index (χ1n) is 5.71. The molecule has 1 aliphatic carbocycles. The van der Waals surface area contributed by atoms with Crippen LogP contribution in [0.4, 0.5) is 0 Å². The zero-order valence-electron chi connectivity index (χ0n) is 10.9. The van der Waals surface area contributed by atoms with E-state index in [2.05, 4.69) is 41.5 Å². The fourth-order valence-corrected chi connectivity index (χ4v) is 2.75. The Bertz CT molecular complexity index is 132. The molecule has 1 aliphatic rings. The van der Waals surface area contributed by atoms with Gasteiger partial charge >= 0.3 is 0 Å². The van der Waals surface area contributed by atoms with E-state index >= 15 is 0 Å². The van der Waals surface area contributed by atoms with E-state index in [-0.39, 0.29) is 0 Å². The molecule has 0 N–H and O–H groups in total. The van der Waals surface area contributed by atoms with Gasteiger partial charge in [0.1, 0.15) is 0 Å². The summed E-state index contributed by atoms with van der Waals surface area (Å²) < 4.78 is 0. The zero-order valence-corrected chi connectivity index (χ0v) is 10.9. The third-order valence-corrected chi connectivity index (χ3v) is 3.62. The smallest absolute Gasteiger partial charge is 0.0200 e. The predicted molar refractivity (Wildman–Crippen MR) is 61.9 cm³/mol. The SMILES string of the molecule is CC.CC(C)(C)C1(C(C)(C)C)CC1. The lowest BCUT2D eigenvalue weighted by atomic mass is 9.63. The average Bonchev–Trinajstić information content (AvgIpc) is 2.65. The maximum absolute atomic E-state index is 2.38.